The van der Waals surface area contributed by atoms with E-state index in [9.17, 15) is 15.0 Å². The number of rotatable bonds is 6. The van der Waals surface area contributed by atoms with E-state index in [1.807, 2.05) is 45.9 Å². The summed E-state index contributed by atoms with van der Waals surface area (Å²) in [4.78, 5) is 13.8. The van der Waals surface area contributed by atoms with Gasteiger partial charge in [0.05, 0.1) is 30.3 Å². The Morgan fingerprint density at radius 3 is 2.55 bits per heavy atom. The van der Waals surface area contributed by atoms with E-state index in [-0.39, 0.29) is 28.3 Å². The molecule has 1 aromatic carbocycles. The summed E-state index contributed by atoms with van der Waals surface area (Å²) in [6.07, 6.45) is 6.06. The molecule has 5 nitrogen and oxygen atoms in total. The van der Waals surface area contributed by atoms with Crippen molar-refractivity contribution >= 4 is 5.78 Å². The fraction of sp³-hybridized carbons (Fsp3) is 0.679. The highest BCUT2D eigenvalue weighted by atomic mass is 16.6. The number of hydrogen-bond donors (Lipinski definition) is 2. The molecule has 5 heteroatoms. The molecule has 0 unspecified atom stereocenters. The quantitative estimate of drug-likeness (QED) is 0.570. The van der Waals surface area contributed by atoms with Crippen LogP contribution in [0, 0.1) is 23.7 Å². The molecule has 1 spiro atoms. The third-order valence-corrected chi connectivity index (χ3v) is 9.45. The number of aryl methyl sites for hydroxylation is 1. The number of ether oxygens (including phenoxy) is 2. The van der Waals surface area contributed by atoms with Crippen LogP contribution in [0.5, 0.6) is 11.5 Å². The van der Waals surface area contributed by atoms with Gasteiger partial charge in [-0.2, -0.15) is 0 Å². The minimum atomic E-state index is -0.641. The zero-order valence-electron chi connectivity index (χ0n) is 21.2. The first-order valence-corrected chi connectivity index (χ1v) is 12.2. The van der Waals surface area contributed by atoms with Gasteiger partial charge in [0.15, 0.2) is 0 Å². The van der Waals surface area contributed by atoms with Crippen molar-refractivity contribution in [1.29, 1.82) is 0 Å². The maximum atomic E-state index is 13.8. The average Bonchev–Trinajstić information content (AvgIpc) is 3.14. The number of fused-ring (bicyclic) bond motifs is 2. The number of aromatic hydroxyl groups is 1. The Bertz CT molecular complexity index is 994. The van der Waals surface area contributed by atoms with Gasteiger partial charge in [0.25, 0.3) is 0 Å². The van der Waals surface area contributed by atoms with Crippen LogP contribution in [0.4, 0.5) is 0 Å². The van der Waals surface area contributed by atoms with Crippen LogP contribution in [-0.2, 0) is 16.0 Å². The average molecular weight is 457 g/mol. The van der Waals surface area contributed by atoms with Crippen molar-refractivity contribution in [2.45, 2.75) is 97.4 Å². The van der Waals surface area contributed by atoms with E-state index in [0.717, 1.165) is 36.0 Å². The minimum absolute atomic E-state index is 0.0867. The maximum Gasteiger partial charge on any atom is 0.143 e. The van der Waals surface area contributed by atoms with Crippen molar-refractivity contribution < 1.29 is 24.5 Å². The number of benzene rings is 1. The lowest BCUT2D eigenvalue weighted by Gasteiger charge is -2.70. The van der Waals surface area contributed by atoms with E-state index in [0.29, 0.717) is 25.0 Å². The minimum Gasteiger partial charge on any atom is -0.507 e. The van der Waals surface area contributed by atoms with Crippen LogP contribution in [0.15, 0.2) is 23.8 Å². The number of hydrogen-bond acceptors (Lipinski definition) is 5. The van der Waals surface area contributed by atoms with E-state index in [1.165, 1.54) is 0 Å². The number of phenols is 1. The van der Waals surface area contributed by atoms with Gasteiger partial charge in [0.1, 0.15) is 17.3 Å². The van der Waals surface area contributed by atoms with Gasteiger partial charge in [-0.1, -0.05) is 31.9 Å². The summed E-state index contributed by atoms with van der Waals surface area (Å²) < 4.78 is 12.0. The van der Waals surface area contributed by atoms with Gasteiger partial charge in [-0.3, -0.25) is 4.79 Å². The molecule has 1 aliphatic heterocycles. The largest absolute Gasteiger partial charge is 0.507 e. The molecule has 2 N–H and O–H groups in total. The molecule has 0 bridgehead atoms. The molecule has 0 radical (unpaired) electrons. The van der Waals surface area contributed by atoms with Crippen molar-refractivity contribution in [3.63, 3.8) is 0 Å². The van der Waals surface area contributed by atoms with Crippen molar-refractivity contribution in [2.24, 2.45) is 16.7 Å². The Hall–Kier alpha value is -1.85. The highest BCUT2D eigenvalue weighted by molar-refractivity contribution is 5.87. The molecule has 1 heterocycles. The Morgan fingerprint density at radius 1 is 1.24 bits per heavy atom. The number of allylic oxidation sites excluding steroid dienone is 2. The molecule has 182 valence electrons. The molecule has 4 rings (SSSR count). The maximum absolute atomic E-state index is 13.8. The lowest BCUT2D eigenvalue weighted by Crippen LogP contribution is -2.75. The summed E-state index contributed by atoms with van der Waals surface area (Å²) >= 11 is 0. The standard InChI is InChI=1S/C28H40O5/c1-17(9-10-19-15-20(32-7)14-18(2)23(19)31)13-21(29)24-26(5)11-8-12-27(26,6)28(24)16-22(30)25(3,4)33-28/h9,14-15,22,24,30-31H,8,10-13,16H2,1-7H3/t22-,24-,26-,27-,28+/m0/s1. The highest BCUT2D eigenvalue weighted by Gasteiger charge is 2.82. The van der Waals surface area contributed by atoms with Gasteiger partial charge in [-0.25, -0.2) is 0 Å². The Morgan fingerprint density at radius 2 is 1.94 bits per heavy atom. The second kappa shape index (κ2) is 7.84. The van der Waals surface area contributed by atoms with E-state index in [2.05, 4.69) is 13.8 Å². The topological polar surface area (TPSA) is 76.0 Å². The van der Waals surface area contributed by atoms with Crippen molar-refractivity contribution in [2.75, 3.05) is 7.11 Å². The molecular weight excluding hydrogens is 416 g/mol. The van der Waals surface area contributed by atoms with Gasteiger partial charge in [-0.15, -0.1) is 0 Å². The summed E-state index contributed by atoms with van der Waals surface area (Å²) in [7, 11) is 1.62. The lowest BCUT2D eigenvalue weighted by molar-refractivity contribution is -0.304. The number of aliphatic hydroxyl groups is 1. The van der Waals surface area contributed by atoms with Crippen molar-refractivity contribution in [3.05, 3.63) is 34.9 Å². The van der Waals surface area contributed by atoms with E-state index in [4.69, 9.17) is 9.47 Å². The number of aliphatic hydroxyl groups excluding tert-OH is 1. The second-order valence-corrected chi connectivity index (χ2v) is 11.7. The monoisotopic (exact) mass is 456 g/mol. The van der Waals surface area contributed by atoms with Gasteiger partial charge >= 0.3 is 0 Å². The van der Waals surface area contributed by atoms with Crippen LogP contribution in [-0.4, -0.2) is 40.4 Å². The third-order valence-electron chi connectivity index (χ3n) is 9.45. The smallest absolute Gasteiger partial charge is 0.143 e. The predicted molar refractivity (Wildman–Crippen MR) is 129 cm³/mol. The van der Waals surface area contributed by atoms with Gasteiger partial charge in [0, 0.05) is 23.8 Å². The number of carbonyl (C=O) groups excluding carboxylic acids is 1. The molecule has 0 amide bonds. The Labute approximate surface area is 198 Å². The summed E-state index contributed by atoms with van der Waals surface area (Å²) in [6, 6.07) is 3.65. The van der Waals surface area contributed by atoms with Crippen LogP contribution in [0.2, 0.25) is 0 Å². The Kier molecular flexibility index (Phi) is 5.77. The molecule has 2 aliphatic carbocycles. The molecule has 5 atom stereocenters. The molecule has 1 aromatic rings. The van der Waals surface area contributed by atoms with Gasteiger partial charge in [-0.05, 0) is 70.1 Å². The molecule has 33 heavy (non-hydrogen) atoms. The summed E-state index contributed by atoms with van der Waals surface area (Å²) in [5.74, 6) is 0.993. The Balaban J connectivity index is 1.56. The molecular formula is C28H40O5. The zero-order valence-corrected chi connectivity index (χ0v) is 21.2. The summed E-state index contributed by atoms with van der Waals surface area (Å²) in [6.45, 7) is 12.2. The first-order valence-electron chi connectivity index (χ1n) is 12.2. The van der Waals surface area contributed by atoms with Crippen molar-refractivity contribution in [3.8, 4) is 11.5 Å². The molecule has 0 aromatic heterocycles. The lowest BCUT2D eigenvalue weighted by atomic mass is 9.36. The number of carbonyl (C=O) groups is 1. The first-order chi connectivity index (χ1) is 15.3. The van der Waals surface area contributed by atoms with E-state index in [1.54, 1.807) is 7.11 Å². The van der Waals surface area contributed by atoms with Gasteiger partial charge < -0.3 is 19.7 Å². The zero-order chi connectivity index (χ0) is 24.4. The van der Waals surface area contributed by atoms with Crippen LogP contribution >= 0.6 is 0 Å². The molecule has 3 aliphatic rings. The first kappa shape index (κ1) is 24.3. The molecule has 2 saturated carbocycles. The molecule has 3 fully saturated rings. The van der Waals surface area contributed by atoms with Gasteiger partial charge in [0.2, 0.25) is 0 Å². The molecule has 1 saturated heterocycles. The van der Waals surface area contributed by atoms with Crippen molar-refractivity contribution in [1.82, 2.24) is 0 Å². The fourth-order valence-corrected chi connectivity index (χ4v) is 7.35. The van der Waals surface area contributed by atoms with E-state index >= 15 is 0 Å². The fourth-order valence-electron chi connectivity index (χ4n) is 7.35. The van der Waals surface area contributed by atoms with E-state index < -0.39 is 17.3 Å². The summed E-state index contributed by atoms with van der Waals surface area (Å²) in [5, 5.41) is 21.2. The second-order valence-electron chi connectivity index (χ2n) is 11.7. The summed E-state index contributed by atoms with van der Waals surface area (Å²) in [5.41, 5.74) is 1.15. The van der Waals surface area contributed by atoms with Crippen LogP contribution < -0.4 is 4.74 Å². The van der Waals surface area contributed by atoms with Crippen LogP contribution in [0.3, 0.4) is 0 Å². The number of phenolic OH excluding ortho intramolecular Hbond substituents is 1. The number of methoxy groups -OCH3 is 1. The number of ketones is 1. The number of Topliss-reactive ketones (excluding diaryl/α,β-unsaturated/α-hetero) is 1. The van der Waals surface area contributed by atoms with Crippen LogP contribution in [0.1, 0.15) is 77.8 Å². The predicted octanol–water partition coefficient (Wildman–Crippen LogP) is 5.28. The third kappa shape index (κ3) is 3.37. The van der Waals surface area contributed by atoms with Crippen LogP contribution in [0.25, 0.3) is 0 Å². The highest BCUT2D eigenvalue weighted by Crippen LogP contribution is 2.78. The SMILES string of the molecule is COc1cc(C)c(O)c(CC=C(C)CC(=O)[C@H]2[C@]3(C)CCC[C@]3(C)[C@@]23C[C@H](O)C(C)(C)O3)c1. The normalized spacial score (nSPS) is 37.2.